The van der Waals surface area contributed by atoms with Crippen LogP contribution in [0.1, 0.15) is 72.2 Å². The van der Waals surface area contributed by atoms with Crippen LogP contribution >= 0.6 is 0 Å². The summed E-state index contributed by atoms with van der Waals surface area (Å²) in [6, 6.07) is 7.71. The first-order valence-electron chi connectivity index (χ1n) is 16.0. The number of esters is 5. The topological polar surface area (TPSA) is 198 Å². The van der Waals surface area contributed by atoms with E-state index in [1.165, 1.54) is 32.9 Å². The average Bonchev–Trinajstić information content (AvgIpc) is 3.42. The normalized spacial score (nSPS) is 36.1. The first-order chi connectivity index (χ1) is 22.7. The first-order valence-corrected chi connectivity index (χ1v) is 16.0. The molecule has 1 aliphatic carbocycles. The van der Waals surface area contributed by atoms with Crippen LogP contribution in [0.4, 0.5) is 0 Å². The molecular formula is C35H44NiO14. The fourth-order valence-corrected chi connectivity index (χ4v) is 7.61. The molecule has 3 fully saturated rings. The van der Waals surface area contributed by atoms with Crippen LogP contribution in [0, 0.1) is 23.2 Å². The van der Waals surface area contributed by atoms with Crippen LogP contribution in [0.5, 0.6) is 0 Å². The summed E-state index contributed by atoms with van der Waals surface area (Å²) in [6.45, 7) is 14.2. The van der Waals surface area contributed by atoms with Gasteiger partial charge in [0.15, 0.2) is 23.6 Å². The average molecular weight is 747 g/mol. The Morgan fingerprint density at radius 2 is 1.38 bits per heavy atom. The second kappa shape index (κ2) is 14.9. The van der Waals surface area contributed by atoms with Crippen molar-refractivity contribution in [3.05, 3.63) is 48.0 Å². The van der Waals surface area contributed by atoms with Gasteiger partial charge in [-0.15, -0.1) is 0 Å². The molecule has 4 rings (SSSR count). The molecule has 1 aromatic carbocycles. The fraction of sp³-hybridized carbons (Fsp3) is 0.600. The van der Waals surface area contributed by atoms with Crippen LogP contribution in [0.2, 0.25) is 0 Å². The molecule has 2 saturated heterocycles. The van der Waals surface area contributed by atoms with E-state index in [2.05, 4.69) is 6.58 Å². The van der Waals surface area contributed by atoms with E-state index in [0.717, 1.165) is 27.7 Å². The number of hydrogen-bond acceptors (Lipinski definition) is 14. The molecule has 278 valence electrons. The van der Waals surface area contributed by atoms with E-state index in [4.69, 9.17) is 28.4 Å². The molecule has 0 spiro atoms. The molecule has 50 heavy (non-hydrogen) atoms. The van der Waals surface area contributed by atoms with E-state index < -0.39 is 107 Å². The molecule has 11 atom stereocenters. The summed E-state index contributed by atoms with van der Waals surface area (Å²) in [6.07, 6.45) is -10.4. The van der Waals surface area contributed by atoms with Crippen LogP contribution in [0.25, 0.3) is 0 Å². The summed E-state index contributed by atoms with van der Waals surface area (Å²) in [5.74, 6) is -11.6. The van der Waals surface area contributed by atoms with Gasteiger partial charge in [-0.25, -0.2) is 4.79 Å². The third-order valence-corrected chi connectivity index (χ3v) is 9.83. The molecule has 2 heterocycles. The standard InChI is InChI=1S/C35H44O14.Ni/c1-16-15-34(48-22(7)39)24(26(16)44-19(4)36)27(45-20(5)37)17(2)28(46-21(6)38)29(47-32(42)23-13-11-10-12-14-23)30(41)33(8,9)31-25(40)18(3)35(34,43)49-31;/h10-14,16,18,24,26-31,41,43H,2,15H2,1,3-9H3;/t16-,18+,24+,26-,27-,28+,29+,30+,31-,34+,35+;/m0./s1. The van der Waals surface area contributed by atoms with Gasteiger partial charge in [-0.3, -0.25) is 24.0 Å². The zero-order valence-corrected chi connectivity index (χ0v) is 30.1. The minimum absolute atomic E-state index is 0. The molecule has 15 heteroatoms. The minimum atomic E-state index is -2.67. The van der Waals surface area contributed by atoms with Crippen LogP contribution in [0.15, 0.2) is 42.5 Å². The van der Waals surface area contributed by atoms with E-state index in [1.807, 2.05) is 0 Å². The number of carbonyl (C=O) groups is 6. The number of fused-ring (bicyclic) bond motifs is 4. The van der Waals surface area contributed by atoms with Crippen molar-refractivity contribution < 1.29 is 83.9 Å². The van der Waals surface area contributed by atoms with Crippen LogP contribution < -0.4 is 0 Å². The van der Waals surface area contributed by atoms with E-state index >= 15 is 0 Å². The molecule has 14 nitrogen and oxygen atoms in total. The number of benzene rings is 1. The molecule has 2 N–H and O–H groups in total. The molecule has 2 aliphatic heterocycles. The first kappa shape index (κ1) is 40.8. The summed E-state index contributed by atoms with van der Waals surface area (Å²) < 4.78 is 35.4. The second-order valence-corrected chi connectivity index (χ2v) is 13.7. The number of ether oxygens (including phenoxy) is 6. The van der Waals surface area contributed by atoms with E-state index in [0.29, 0.717) is 0 Å². The predicted molar refractivity (Wildman–Crippen MR) is 167 cm³/mol. The zero-order chi connectivity index (χ0) is 36.8. The SMILES string of the molecule is C=C1[C@@H](OC(C)=O)[C@@H](OC(=O)c2ccccc2)[C@@H](O)C(C)(C)[C@H]2O[C@](O)([C@H](C)C2=O)[C@@]2(OC(C)=O)C[C@H](C)[C@H](OC(C)=O)[C@@H]2[C@H]1OC(C)=O.[Ni]. The summed E-state index contributed by atoms with van der Waals surface area (Å²) in [5, 5.41) is 24.8. The smallest absolute Gasteiger partial charge is 0.338 e. The van der Waals surface area contributed by atoms with E-state index in [-0.39, 0.29) is 34.0 Å². The zero-order valence-electron chi connectivity index (χ0n) is 29.1. The Bertz CT molecular complexity index is 1530. The van der Waals surface area contributed by atoms with Crippen molar-refractivity contribution in [2.45, 2.75) is 110 Å². The van der Waals surface area contributed by atoms with Crippen molar-refractivity contribution >= 4 is 35.6 Å². The van der Waals surface area contributed by atoms with Gasteiger partial charge >= 0.3 is 29.8 Å². The molecule has 1 aromatic rings. The van der Waals surface area contributed by atoms with Gasteiger partial charge in [0.25, 0.3) is 0 Å². The van der Waals surface area contributed by atoms with Crippen molar-refractivity contribution in [3.63, 3.8) is 0 Å². The molecule has 0 radical (unpaired) electrons. The van der Waals surface area contributed by atoms with Gasteiger partial charge in [0.2, 0.25) is 5.79 Å². The summed E-state index contributed by atoms with van der Waals surface area (Å²) in [7, 11) is 0. The Balaban J connectivity index is 0.00000676. The van der Waals surface area contributed by atoms with Gasteiger partial charge in [0, 0.05) is 55.2 Å². The van der Waals surface area contributed by atoms with Crippen LogP contribution in [0.3, 0.4) is 0 Å². The third kappa shape index (κ3) is 7.10. The van der Waals surface area contributed by atoms with Gasteiger partial charge < -0.3 is 38.6 Å². The molecule has 0 aromatic heterocycles. The Morgan fingerprint density at radius 1 is 0.840 bits per heavy atom. The Hall–Kier alpha value is -3.65. The van der Waals surface area contributed by atoms with Gasteiger partial charge in [0.05, 0.1) is 17.4 Å². The van der Waals surface area contributed by atoms with Crippen molar-refractivity contribution in [1.29, 1.82) is 0 Å². The van der Waals surface area contributed by atoms with Gasteiger partial charge in [-0.05, 0) is 24.5 Å². The van der Waals surface area contributed by atoms with Gasteiger partial charge in [-0.1, -0.05) is 52.5 Å². The van der Waals surface area contributed by atoms with Crippen molar-refractivity contribution in [2.75, 3.05) is 0 Å². The maximum atomic E-state index is 14.1. The van der Waals surface area contributed by atoms with E-state index in [1.54, 1.807) is 25.1 Å². The number of aliphatic hydroxyl groups is 2. The molecular weight excluding hydrogens is 703 g/mol. The summed E-state index contributed by atoms with van der Waals surface area (Å²) in [5.41, 5.74) is -4.20. The third-order valence-electron chi connectivity index (χ3n) is 9.83. The number of Topliss-reactive ketones (excluding diaryl/α,β-unsaturated/α-hetero) is 1. The fourth-order valence-electron chi connectivity index (χ4n) is 7.61. The maximum Gasteiger partial charge on any atom is 0.338 e. The second-order valence-electron chi connectivity index (χ2n) is 13.7. The number of aliphatic hydroxyl groups excluding tert-OH is 1. The van der Waals surface area contributed by atoms with Gasteiger partial charge in [0.1, 0.15) is 24.4 Å². The Labute approximate surface area is 300 Å². The number of hydrogen-bond donors (Lipinski definition) is 2. The quantitative estimate of drug-likeness (QED) is 0.186. The predicted octanol–water partition coefficient (Wildman–Crippen LogP) is 2.21. The molecule has 3 aliphatic rings. The van der Waals surface area contributed by atoms with Crippen molar-refractivity contribution in [1.82, 2.24) is 0 Å². The molecule has 1 saturated carbocycles. The number of carbonyl (C=O) groups excluding carboxylic acids is 6. The largest absolute Gasteiger partial charge is 0.462 e. The summed E-state index contributed by atoms with van der Waals surface area (Å²) >= 11 is 0. The van der Waals surface area contributed by atoms with Crippen molar-refractivity contribution in [2.24, 2.45) is 23.2 Å². The minimum Gasteiger partial charge on any atom is -0.462 e. The summed E-state index contributed by atoms with van der Waals surface area (Å²) in [4.78, 5) is 78.7. The van der Waals surface area contributed by atoms with Crippen LogP contribution in [-0.4, -0.2) is 93.9 Å². The van der Waals surface area contributed by atoms with Crippen LogP contribution in [-0.2, 0) is 68.9 Å². The van der Waals surface area contributed by atoms with Crippen molar-refractivity contribution in [3.8, 4) is 0 Å². The molecule has 0 amide bonds. The molecule has 2 bridgehead atoms. The van der Waals surface area contributed by atoms with Gasteiger partial charge in [-0.2, -0.15) is 0 Å². The number of rotatable bonds is 6. The monoisotopic (exact) mass is 746 g/mol. The molecule has 0 unspecified atom stereocenters. The Kier molecular flexibility index (Phi) is 12.2. The Morgan fingerprint density at radius 3 is 1.90 bits per heavy atom. The van der Waals surface area contributed by atoms with E-state index in [9.17, 15) is 39.0 Å². The number of ketones is 1. The maximum absolute atomic E-state index is 14.1.